The molecule has 0 aromatic heterocycles. The molecule has 1 heteroatoms. The number of hydrogen-bond acceptors (Lipinski definition) is 1. The summed E-state index contributed by atoms with van der Waals surface area (Å²) in [5, 5.41) is 0. The Morgan fingerprint density at radius 3 is 2.50 bits per heavy atom. The maximum Gasteiger partial charge on any atom is 0.0898 e. The van der Waals surface area contributed by atoms with Crippen molar-refractivity contribution in [2.45, 2.75) is 88.8 Å². The van der Waals surface area contributed by atoms with Gasteiger partial charge in [0.25, 0.3) is 0 Å². The van der Waals surface area contributed by atoms with Crippen molar-refractivity contribution in [2.75, 3.05) is 0 Å². The van der Waals surface area contributed by atoms with Crippen molar-refractivity contribution in [1.82, 2.24) is 0 Å². The molecule has 2 saturated carbocycles. The zero-order valence-corrected chi connectivity index (χ0v) is 11.5. The molecule has 1 nitrogen and oxygen atoms in total. The molecular formula is C17H26O. The first-order chi connectivity index (χ1) is 8.89. The van der Waals surface area contributed by atoms with Crippen LogP contribution < -0.4 is 0 Å². The third-order valence-corrected chi connectivity index (χ3v) is 6.00. The Labute approximate surface area is 111 Å². The average Bonchev–Trinajstić information content (AvgIpc) is 2.89. The Balaban J connectivity index is 1.76. The van der Waals surface area contributed by atoms with Crippen molar-refractivity contribution in [3.63, 3.8) is 0 Å². The first-order valence-corrected chi connectivity index (χ1v) is 8.29. The maximum absolute atomic E-state index is 6.75. The van der Waals surface area contributed by atoms with Gasteiger partial charge in [-0.1, -0.05) is 31.3 Å². The average molecular weight is 246 g/mol. The summed E-state index contributed by atoms with van der Waals surface area (Å²) in [6.07, 6.45) is 17.3. The molecule has 2 fully saturated rings. The van der Waals surface area contributed by atoms with Crippen molar-refractivity contribution < 1.29 is 4.74 Å². The first kappa shape index (κ1) is 11.5. The summed E-state index contributed by atoms with van der Waals surface area (Å²) < 4.78 is 6.75. The van der Waals surface area contributed by atoms with Gasteiger partial charge < -0.3 is 4.74 Å². The van der Waals surface area contributed by atoms with Gasteiger partial charge in [0.05, 0.1) is 11.7 Å². The van der Waals surface area contributed by atoms with E-state index in [1.54, 1.807) is 5.57 Å². The van der Waals surface area contributed by atoms with Crippen LogP contribution in [0.25, 0.3) is 0 Å². The molecule has 2 atom stereocenters. The highest BCUT2D eigenvalue weighted by Crippen LogP contribution is 2.53. The monoisotopic (exact) mass is 246 g/mol. The van der Waals surface area contributed by atoms with Crippen LogP contribution in [0.1, 0.15) is 77.0 Å². The summed E-state index contributed by atoms with van der Waals surface area (Å²) in [5.74, 6) is 0.820. The molecule has 0 amide bonds. The van der Waals surface area contributed by atoms with Crippen molar-refractivity contribution in [3.8, 4) is 0 Å². The topological polar surface area (TPSA) is 9.23 Å². The fraction of sp³-hybridized carbons (Fsp3) is 0.882. The fourth-order valence-corrected chi connectivity index (χ4v) is 5.22. The van der Waals surface area contributed by atoms with Gasteiger partial charge in [-0.25, -0.2) is 0 Å². The molecule has 0 aromatic rings. The lowest BCUT2D eigenvalue weighted by Crippen LogP contribution is -2.47. The summed E-state index contributed by atoms with van der Waals surface area (Å²) in [4.78, 5) is 0. The van der Waals surface area contributed by atoms with Crippen LogP contribution >= 0.6 is 0 Å². The lowest BCUT2D eigenvalue weighted by atomic mass is 9.68. The first-order valence-electron chi connectivity index (χ1n) is 8.29. The standard InChI is InChI=1S/C17H26O/c1-3-9-15-13(7-1)14-8-2-4-10-16(14)18-17(15)11-5-6-12-17/h14,16H,1-12H2/t14-,16+/m1/s1. The van der Waals surface area contributed by atoms with E-state index in [-0.39, 0.29) is 5.60 Å². The van der Waals surface area contributed by atoms with Crippen molar-refractivity contribution in [3.05, 3.63) is 11.1 Å². The van der Waals surface area contributed by atoms with Gasteiger partial charge in [0, 0.05) is 5.92 Å². The van der Waals surface area contributed by atoms with Crippen LogP contribution in [0.5, 0.6) is 0 Å². The molecular weight excluding hydrogens is 220 g/mol. The van der Waals surface area contributed by atoms with E-state index in [0.717, 1.165) is 5.92 Å². The minimum absolute atomic E-state index is 0.230. The highest BCUT2D eigenvalue weighted by Gasteiger charge is 2.48. The second-order valence-corrected chi connectivity index (χ2v) is 6.96. The molecule has 18 heavy (non-hydrogen) atoms. The van der Waals surface area contributed by atoms with Gasteiger partial charge >= 0.3 is 0 Å². The van der Waals surface area contributed by atoms with Crippen LogP contribution in [0.3, 0.4) is 0 Å². The van der Waals surface area contributed by atoms with E-state index in [1.807, 2.05) is 5.57 Å². The quantitative estimate of drug-likeness (QED) is 0.560. The Morgan fingerprint density at radius 1 is 0.833 bits per heavy atom. The summed E-state index contributed by atoms with van der Waals surface area (Å²) >= 11 is 0. The molecule has 0 saturated heterocycles. The SMILES string of the molecule is C1CCC2=C(C1)[C@H]1CCCC[C@@H]1OC21CCCC1. The number of rotatable bonds is 0. The van der Waals surface area contributed by atoms with E-state index >= 15 is 0 Å². The zero-order chi connectivity index (χ0) is 12.0. The van der Waals surface area contributed by atoms with Gasteiger partial charge in [0.15, 0.2) is 0 Å². The van der Waals surface area contributed by atoms with E-state index in [9.17, 15) is 0 Å². The normalized spacial score (nSPS) is 38.7. The minimum atomic E-state index is 0.230. The predicted octanol–water partition coefficient (Wildman–Crippen LogP) is 4.76. The lowest BCUT2D eigenvalue weighted by Gasteiger charge is -2.49. The highest BCUT2D eigenvalue weighted by molar-refractivity contribution is 5.33. The lowest BCUT2D eigenvalue weighted by molar-refractivity contribution is -0.115. The summed E-state index contributed by atoms with van der Waals surface area (Å²) in [6, 6.07) is 0. The Bertz CT molecular complexity index is 362. The number of ether oxygens (including phenoxy) is 1. The van der Waals surface area contributed by atoms with Crippen LogP contribution in [0.4, 0.5) is 0 Å². The Kier molecular flexibility index (Phi) is 2.80. The van der Waals surface area contributed by atoms with Crippen LogP contribution in [0, 0.1) is 5.92 Å². The molecule has 0 bridgehead atoms. The van der Waals surface area contributed by atoms with Crippen LogP contribution in [0.2, 0.25) is 0 Å². The molecule has 0 N–H and O–H groups in total. The van der Waals surface area contributed by atoms with E-state index in [0.29, 0.717) is 6.10 Å². The van der Waals surface area contributed by atoms with Gasteiger partial charge in [-0.05, 0) is 56.9 Å². The fourth-order valence-electron chi connectivity index (χ4n) is 5.22. The van der Waals surface area contributed by atoms with E-state index in [4.69, 9.17) is 4.74 Å². The molecule has 4 rings (SSSR count). The zero-order valence-electron chi connectivity index (χ0n) is 11.5. The third-order valence-electron chi connectivity index (χ3n) is 6.00. The van der Waals surface area contributed by atoms with E-state index < -0.39 is 0 Å². The molecule has 1 heterocycles. The van der Waals surface area contributed by atoms with Gasteiger partial charge in [-0.15, -0.1) is 0 Å². The molecule has 3 aliphatic carbocycles. The predicted molar refractivity (Wildman–Crippen MR) is 73.5 cm³/mol. The van der Waals surface area contributed by atoms with Gasteiger partial charge in [0.1, 0.15) is 0 Å². The number of fused-ring (bicyclic) bond motifs is 3. The van der Waals surface area contributed by atoms with Crippen molar-refractivity contribution in [1.29, 1.82) is 0 Å². The molecule has 4 aliphatic rings. The Morgan fingerprint density at radius 2 is 1.61 bits per heavy atom. The second-order valence-electron chi connectivity index (χ2n) is 6.96. The van der Waals surface area contributed by atoms with Gasteiger partial charge in [0.2, 0.25) is 0 Å². The molecule has 0 unspecified atom stereocenters. The molecule has 0 radical (unpaired) electrons. The van der Waals surface area contributed by atoms with E-state index in [1.165, 1.54) is 77.0 Å². The molecule has 1 spiro atoms. The molecule has 1 aliphatic heterocycles. The summed E-state index contributed by atoms with van der Waals surface area (Å²) in [7, 11) is 0. The molecule has 0 aromatic carbocycles. The summed E-state index contributed by atoms with van der Waals surface area (Å²) in [6.45, 7) is 0. The van der Waals surface area contributed by atoms with Crippen molar-refractivity contribution >= 4 is 0 Å². The highest BCUT2D eigenvalue weighted by atomic mass is 16.5. The van der Waals surface area contributed by atoms with Gasteiger partial charge in [-0.3, -0.25) is 0 Å². The van der Waals surface area contributed by atoms with Crippen LogP contribution in [0.15, 0.2) is 11.1 Å². The van der Waals surface area contributed by atoms with Gasteiger partial charge in [-0.2, -0.15) is 0 Å². The van der Waals surface area contributed by atoms with E-state index in [2.05, 4.69) is 0 Å². The summed E-state index contributed by atoms with van der Waals surface area (Å²) in [5.41, 5.74) is 3.92. The van der Waals surface area contributed by atoms with Crippen molar-refractivity contribution in [2.24, 2.45) is 5.92 Å². The van der Waals surface area contributed by atoms with Crippen LogP contribution in [-0.2, 0) is 4.74 Å². The van der Waals surface area contributed by atoms with Crippen LogP contribution in [-0.4, -0.2) is 11.7 Å². The largest absolute Gasteiger partial charge is 0.367 e. The maximum atomic E-state index is 6.75. The second kappa shape index (κ2) is 4.37. The minimum Gasteiger partial charge on any atom is -0.367 e. The third kappa shape index (κ3) is 1.62. The smallest absolute Gasteiger partial charge is 0.0898 e. The molecule has 100 valence electrons. The Hall–Kier alpha value is -0.300. The number of hydrogen-bond donors (Lipinski definition) is 0.